The molecule has 6 nitrogen and oxygen atoms in total. The van der Waals surface area contributed by atoms with Crippen LogP contribution in [-0.2, 0) is 0 Å². The quantitative estimate of drug-likeness (QED) is 0.894. The van der Waals surface area contributed by atoms with Gasteiger partial charge < -0.3 is 15.1 Å². The van der Waals surface area contributed by atoms with Gasteiger partial charge in [-0.1, -0.05) is 0 Å². The van der Waals surface area contributed by atoms with Crippen LogP contribution in [0.2, 0.25) is 0 Å². The van der Waals surface area contributed by atoms with Gasteiger partial charge in [-0.15, -0.1) is 11.3 Å². The number of carbonyl (C=O) groups excluding carboxylic acids is 1. The lowest BCUT2D eigenvalue weighted by Crippen LogP contribution is -2.52. The molecule has 0 bridgehead atoms. The highest BCUT2D eigenvalue weighted by molar-refractivity contribution is 7.13. The Bertz CT molecular complexity index is 547. The van der Waals surface area contributed by atoms with Gasteiger partial charge in [0, 0.05) is 57.7 Å². The Balaban J connectivity index is 1.50. The summed E-state index contributed by atoms with van der Waals surface area (Å²) in [5.41, 5.74) is 0.579. The molecule has 0 aliphatic carbocycles. The number of thiazole rings is 1. The molecule has 2 fully saturated rings. The van der Waals surface area contributed by atoms with Gasteiger partial charge in [0.2, 0.25) is 0 Å². The van der Waals surface area contributed by atoms with E-state index in [1.807, 2.05) is 17.3 Å². The van der Waals surface area contributed by atoms with Crippen LogP contribution in [0.1, 0.15) is 30.3 Å². The third-order valence-corrected chi connectivity index (χ3v) is 6.42. The van der Waals surface area contributed by atoms with E-state index in [2.05, 4.69) is 34.1 Å². The Morgan fingerprint density at radius 2 is 1.92 bits per heavy atom. The number of nitrogens with one attached hydrogen (secondary N) is 1. The highest BCUT2D eigenvalue weighted by Crippen LogP contribution is 2.26. The normalized spacial score (nSPS) is 22.5. The zero-order chi connectivity index (χ0) is 17.1. The van der Waals surface area contributed by atoms with Gasteiger partial charge in [-0.25, -0.2) is 4.98 Å². The summed E-state index contributed by atoms with van der Waals surface area (Å²) in [4.78, 5) is 23.9. The monoisotopic (exact) mass is 351 g/mol. The van der Waals surface area contributed by atoms with E-state index in [-0.39, 0.29) is 5.91 Å². The van der Waals surface area contributed by atoms with Crippen LogP contribution in [0.5, 0.6) is 0 Å². The molecule has 0 unspecified atom stereocenters. The van der Waals surface area contributed by atoms with Crippen molar-refractivity contribution >= 4 is 22.4 Å². The largest absolute Gasteiger partial charge is 0.365 e. The number of nitrogens with zero attached hydrogens (tertiary/aromatic N) is 4. The highest BCUT2D eigenvalue weighted by atomic mass is 32.1. The molecule has 2 saturated heterocycles. The molecule has 3 rings (SSSR count). The lowest BCUT2D eigenvalue weighted by atomic mass is 9.89. The van der Waals surface area contributed by atoms with Gasteiger partial charge >= 0.3 is 0 Å². The minimum Gasteiger partial charge on any atom is -0.365 e. The van der Waals surface area contributed by atoms with Gasteiger partial charge in [0.25, 0.3) is 5.91 Å². The number of hydrogen-bond donors (Lipinski definition) is 1. The van der Waals surface area contributed by atoms with E-state index < -0.39 is 0 Å². The molecule has 2 aliphatic rings. The molecule has 1 aromatic rings. The first kappa shape index (κ1) is 17.6. The van der Waals surface area contributed by atoms with Crippen LogP contribution in [0.15, 0.2) is 5.38 Å². The van der Waals surface area contributed by atoms with Crippen LogP contribution in [0.4, 0.5) is 5.13 Å². The minimum atomic E-state index is 0.0819. The predicted molar refractivity (Wildman–Crippen MR) is 98.8 cm³/mol. The Morgan fingerprint density at radius 3 is 2.50 bits per heavy atom. The van der Waals surface area contributed by atoms with E-state index in [0.717, 1.165) is 31.1 Å². The smallest absolute Gasteiger partial charge is 0.273 e. The topological polar surface area (TPSA) is 51.7 Å². The van der Waals surface area contributed by atoms with E-state index in [0.29, 0.717) is 17.7 Å². The Morgan fingerprint density at radius 1 is 1.25 bits per heavy atom. The van der Waals surface area contributed by atoms with Crippen molar-refractivity contribution in [1.29, 1.82) is 0 Å². The van der Waals surface area contributed by atoms with Gasteiger partial charge in [0.15, 0.2) is 5.13 Å². The molecule has 0 aromatic carbocycles. The molecule has 1 atom stereocenters. The van der Waals surface area contributed by atoms with E-state index in [1.54, 1.807) is 0 Å². The van der Waals surface area contributed by atoms with Gasteiger partial charge in [-0.05, 0) is 32.7 Å². The Kier molecular flexibility index (Phi) is 5.73. The first-order valence-corrected chi connectivity index (χ1v) is 9.81. The molecule has 134 valence electrons. The fourth-order valence-corrected chi connectivity index (χ4v) is 4.41. The van der Waals surface area contributed by atoms with Crippen LogP contribution in [0.25, 0.3) is 0 Å². The van der Waals surface area contributed by atoms with Crippen molar-refractivity contribution in [2.24, 2.45) is 5.92 Å². The summed E-state index contributed by atoms with van der Waals surface area (Å²) in [6, 6.07) is 0.617. The van der Waals surface area contributed by atoms with Crippen molar-refractivity contribution in [3.05, 3.63) is 11.1 Å². The first-order valence-electron chi connectivity index (χ1n) is 8.93. The number of anilines is 1. The summed E-state index contributed by atoms with van der Waals surface area (Å²) in [7, 11) is 4.03. The van der Waals surface area contributed by atoms with Crippen molar-refractivity contribution in [2.75, 3.05) is 58.7 Å². The number of rotatable bonds is 4. The van der Waals surface area contributed by atoms with E-state index in [9.17, 15) is 4.79 Å². The third-order valence-electron chi connectivity index (χ3n) is 5.56. The number of carbonyl (C=O) groups is 1. The Labute approximate surface area is 148 Å². The summed E-state index contributed by atoms with van der Waals surface area (Å²) < 4.78 is 0. The average Bonchev–Trinajstić information content (AvgIpc) is 3.10. The van der Waals surface area contributed by atoms with E-state index in [1.165, 1.54) is 37.5 Å². The third kappa shape index (κ3) is 3.90. The predicted octanol–water partition coefficient (Wildman–Crippen LogP) is 1.67. The summed E-state index contributed by atoms with van der Waals surface area (Å²) in [5.74, 6) is 0.777. The minimum absolute atomic E-state index is 0.0819. The van der Waals surface area contributed by atoms with Crippen LogP contribution >= 0.6 is 11.3 Å². The lowest BCUT2D eigenvalue weighted by Gasteiger charge is -2.42. The number of likely N-dealkylation sites (tertiary alicyclic amines) is 1. The second-order valence-corrected chi connectivity index (χ2v) is 7.86. The fraction of sp³-hybridized carbons (Fsp3) is 0.765. The van der Waals surface area contributed by atoms with Crippen LogP contribution in [-0.4, -0.2) is 85.0 Å². The molecular weight excluding hydrogens is 322 g/mol. The molecule has 3 heterocycles. The number of amides is 1. The summed E-state index contributed by atoms with van der Waals surface area (Å²) in [5, 5.41) is 5.65. The molecule has 0 saturated carbocycles. The molecule has 1 N–H and O–H groups in total. The first-order chi connectivity index (χ1) is 11.6. The maximum atomic E-state index is 12.6. The lowest BCUT2D eigenvalue weighted by molar-refractivity contribution is 0.0497. The van der Waals surface area contributed by atoms with Crippen molar-refractivity contribution < 1.29 is 4.79 Å². The second kappa shape index (κ2) is 7.80. The number of piperazine rings is 1. The van der Waals surface area contributed by atoms with Gasteiger partial charge in [0.05, 0.1) is 0 Å². The van der Waals surface area contributed by atoms with Crippen LogP contribution in [0, 0.1) is 5.92 Å². The molecule has 0 radical (unpaired) electrons. The zero-order valence-corrected chi connectivity index (χ0v) is 15.8. The maximum Gasteiger partial charge on any atom is 0.273 e. The number of piperidine rings is 1. The van der Waals surface area contributed by atoms with Gasteiger partial charge in [-0.3, -0.25) is 9.69 Å². The second-order valence-electron chi connectivity index (χ2n) is 7.00. The van der Waals surface area contributed by atoms with Crippen LogP contribution < -0.4 is 5.32 Å². The summed E-state index contributed by atoms with van der Waals surface area (Å²) in [6.07, 6.45) is 2.20. The molecule has 0 spiro atoms. The fourth-order valence-electron chi connectivity index (χ4n) is 3.76. The average molecular weight is 352 g/mol. The van der Waals surface area contributed by atoms with Crippen LogP contribution in [0.3, 0.4) is 0 Å². The molecule has 1 amide bonds. The van der Waals surface area contributed by atoms with Gasteiger partial charge in [-0.2, -0.15) is 0 Å². The molecular formula is C17H29N5OS. The van der Waals surface area contributed by atoms with Crippen molar-refractivity contribution in [3.8, 4) is 0 Å². The van der Waals surface area contributed by atoms with Crippen molar-refractivity contribution in [2.45, 2.75) is 25.8 Å². The SMILES string of the molecule is CNc1nc(C(=O)N2CCC([C@@H](C)N3CCN(C)CC3)CC2)cs1. The molecule has 2 aliphatic heterocycles. The molecule has 7 heteroatoms. The maximum absolute atomic E-state index is 12.6. The van der Waals surface area contributed by atoms with E-state index >= 15 is 0 Å². The molecule has 24 heavy (non-hydrogen) atoms. The zero-order valence-electron chi connectivity index (χ0n) is 15.0. The summed E-state index contributed by atoms with van der Waals surface area (Å²) >= 11 is 1.49. The number of likely N-dealkylation sites (N-methyl/N-ethyl adjacent to an activating group) is 1. The highest BCUT2D eigenvalue weighted by Gasteiger charge is 2.31. The standard InChI is InChI=1S/C17H29N5OS/c1-13(21-10-8-20(3)9-11-21)14-4-6-22(7-5-14)16(23)15-12-24-17(18-2)19-15/h12-14H,4-11H2,1-3H3,(H,18,19)/t13-/m1/s1. The molecule has 1 aromatic heterocycles. The van der Waals surface area contributed by atoms with Crippen molar-refractivity contribution in [3.63, 3.8) is 0 Å². The van der Waals surface area contributed by atoms with Crippen molar-refractivity contribution in [1.82, 2.24) is 19.7 Å². The number of hydrogen-bond acceptors (Lipinski definition) is 6. The van der Waals surface area contributed by atoms with E-state index in [4.69, 9.17) is 0 Å². The summed E-state index contributed by atoms with van der Waals surface area (Å²) in [6.45, 7) is 8.75. The Hall–Kier alpha value is -1.18. The number of aromatic nitrogens is 1. The van der Waals surface area contributed by atoms with Gasteiger partial charge in [0.1, 0.15) is 5.69 Å².